The Balaban J connectivity index is 1.78. The van der Waals surface area contributed by atoms with E-state index in [1.807, 2.05) is 17.4 Å². The Hall–Kier alpha value is -2.57. The number of methoxy groups -OCH3 is 1. The smallest absolute Gasteiger partial charge is 0.323 e. The number of urea groups is 1. The van der Waals surface area contributed by atoms with Gasteiger partial charge in [-0.15, -0.1) is 0 Å². The van der Waals surface area contributed by atoms with Crippen LogP contribution in [0.1, 0.15) is 37.9 Å². The number of ether oxygens (including phenoxy) is 1. The molecule has 1 saturated heterocycles. The number of pyridine rings is 1. The van der Waals surface area contributed by atoms with Crippen LogP contribution in [0.25, 0.3) is 0 Å². The summed E-state index contributed by atoms with van der Waals surface area (Å²) >= 11 is 0. The van der Waals surface area contributed by atoms with Gasteiger partial charge in [-0.25, -0.2) is 9.78 Å². The molecule has 0 spiro atoms. The van der Waals surface area contributed by atoms with Crippen molar-refractivity contribution in [2.75, 3.05) is 19.0 Å². The van der Waals surface area contributed by atoms with Crippen LogP contribution in [0.5, 0.6) is 5.88 Å². The average molecular weight is 329 g/mol. The molecule has 2 amide bonds. The summed E-state index contributed by atoms with van der Waals surface area (Å²) in [6.07, 6.45) is 6.76. The number of hydrogen-bond donors (Lipinski definition) is 1. The molecule has 1 fully saturated rings. The van der Waals surface area contributed by atoms with E-state index in [9.17, 15) is 4.79 Å². The lowest BCUT2D eigenvalue weighted by Gasteiger charge is -2.35. The number of carbonyl (C=O) groups is 1. The van der Waals surface area contributed by atoms with Gasteiger partial charge < -0.3 is 14.2 Å². The Morgan fingerprint density at radius 3 is 3.08 bits per heavy atom. The van der Waals surface area contributed by atoms with Crippen LogP contribution in [0.3, 0.4) is 0 Å². The summed E-state index contributed by atoms with van der Waals surface area (Å²) in [6.45, 7) is 3.66. The molecule has 0 unspecified atom stereocenters. The quantitative estimate of drug-likeness (QED) is 0.935. The molecule has 128 valence electrons. The minimum atomic E-state index is -0.135. The van der Waals surface area contributed by atoms with E-state index in [4.69, 9.17) is 4.74 Å². The standard InChI is InChI=1S/C17H23N5O2/c1-3-21-12-18-11-14(21)13-7-4-5-10-22(13)17(23)20-15-8-6-9-16(19-15)24-2/h6,8-9,11-13H,3-5,7,10H2,1-2H3,(H,19,20,23)/t13-/m0/s1. The fourth-order valence-electron chi connectivity index (χ4n) is 3.13. The van der Waals surface area contributed by atoms with E-state index in [1.54, 1.807) is 25.3 Å². The van der Waals surface area contributed by atoms with Crippen molar-refractivity contribution in [3.05, 3.63) is 36.4 Å². The van der Waals surface area contributed by atoms with Crippen molar-refractivity contribution >= 4 is 11.8 Å². The maximum Gasteiger partial charge on any atom is 0.323 e. The number of likely N-dealkylation sites (tertiary alicyclic amines) is 1. The molecule has 0 bridgehead atoms. The minimum absolute atomic E-state index is 0.0480. The summed E-state index contributed by atoms with van der Waals surface area (Å²) in [6, 6.07) is 5.23. The van der Waals surface area contributed by atoms with Gasteiger partial charge in [-0.05, 0) is 32.3 Å². The van der Waals surface area contributed by atoms with Gasteiger partial charge in [0.2, 0.25) is 5.88 Å². The third kappa shape index (κ3) is 3.34. The molecule has 0 aliphatic carbocycles. The number of nitrogens with one attached hydrogen (secondary N) is 1. The molecule has 0 radical (unpaired) electrons. The summed E-state index contributed by atoms with van der Waals surface area (Å²) in [5.74, 6) is 0.972. The van der Waals surface area contributed by atoms with Gasteiger partial charge in [0.05, 0.1) is 31.4 Å². The Morgan fingerprint density at radius 2 is 2.29 bits per heavy atom. The van der Waals surface area contributed by atoms with Crippen molar-refractivity contribution in [3.8, 4) is 5.88 Å². The predicted molar refractivity (Wildman–Crippen MR) is 91.0 cm³/mol. The number of amides is 2. The van der Waals surface area contributed by atoms with Crippen molar-refractivity contribution in [2.24, 2.45) is 0 Å². The lowest BCUT2D eigenvalue weighted by Crippen LogP contribution is -2.42. The molecule has 2 aromatic heterocycles. The van der Waals surface area contributed by atoms with E-state index in [1.165, 1.54) is 0 Å². The summed E-state index contributed by atoms with van der Waals surface area (Å²) in [7, 11) is 1.56. The van der Waals surface area contributed by atoms with Gasteiger partial charge in [0.1, 0.15) is 5.82 Å². The lowest BCUT2D eigenvalue weighted by molar-refractivity contribution is 0.159. The summed E-state index contributed by atoms with van der Waals surface area (Å²) in [4.78, 5) is 23.2. The molecule has 7 heteroatoms. The number of imidazole rings is 1. The van der Waals surface area contributed by atoms with Crippen LogP contribution in [0.2, 0.25) is 0 Å². The average Bonchev–Trinajstić information content (AvgIpc) is 3.10. The van der Waals surface area contributed by atoms with E-state index < -0.39 is 0 Å². The molecule has 24 heavy (non-hydrogen) atoms. The van der Waals surface area contributed by atoms with Gasteiger partial charge in [0.15, 0.2) is 0 Å². The molecule has 2 aromatic rings. The Kier molecular flexibility index (Phi) is 4.98. The summed E-state index contributed by atoms with van der Waals surface area (Å²) < 4.78 is 7.20. The van der Waals surface area contributed by atoms with Gasteiger partial charge in [-0.2, -0.15) is 4.98 Å². The van der Waals surface area contributed by atoms with E-state index in [0.29, 0.717) is 11.7 Å². The Morgan fingerprint density at radius 1 is 1.42 bits per heavy atom. The molecule has 3 heterocycles. The molecule has 1 N–H and O–H groups in total. The van der Waals surface area contributed by atoms with Crippen LogP contribution < -0.4 is 10.1 Å². The number of carbonyl (C=O) groups excluding carboxylic acids is 1. The zero-order valence-corrected chi connectivity index (χ0v) is 14.1. The van der Waals surface area contributed by atoms with Crippen LogP contribution >= 0.6 is 0 Å². The highest BCUT2D eigenvalue weighted by Crippen LogP contribution is 2.31. The molecule has 7 nitrogen and oxygen atoms in total. The topological polar surface area (TPSA) is 72.3 Å². The van der Waals surface area contributed by atoms with Crippen LogP contribution in [-0.2, 0) is 6.54 Å². The summed E-state index contributed by atoms with van der Waals surface area (Å²) in [5, 5.41) is 2.88. The number of anilines is 1. The number of rotatable bonds is 4. The van der Waals surface area contributed by atoms with E-state index in [-0.39, 0.29) is 12.1 Å². The maximum atomic E-state index is 12.8. The molecular weight excluding hydrogens is 306 g/mol. The molecule has 1 atom stereocenters. The van der Waals surface area contributed by atoms with Crippen molar-refractivity contribution in [2.45, 2.75) is 38.8 Å². The lowest BCUT2D eigenvalue weighted by atomic mass is 10.00. The molecule has 1 aliphatic heterocycles. The highest BCUT2D eigenvalue weighted by Gasteiger charge is 2.30. The van der Waals surface area contributed by atoms with Gasteiger partial charge >= 0.3 is 6.03 Å². The zero-order chi connectivity index (χ0) is 16.9. The molecule has 1 aliphatic rings. The van der Waals surface area contributed by atoms with Gasteiger partial charge in [0.25, 0.3) is 0 Å². The van der Waals surface area contributed by atoms with Crippen molar-refractivity contribution < 1.29 is 9.53 Å². The number of aromatic nitrogens is 3. The third-order valence-corrected chi connectivity index (χ3v) is 4.36. The second-order valence-corrected chi connectivity index (χ2v) is 5.80. The number of nitrogens with zero attached hydrogens (tertiary/aromatic N) is 4. The molecule has 3 rings (SSSR count). The Bertz CT molecular complexity index is 700. The first kappa shape index (κ1) is 16.3. The normalized spacial score (nSPS) is 17.6. The van der Waals surface area contributed by atoms with Crippen LogP contribution in [0.4, 0.5) is 10.6 Å². The molecule has 0 saturated carbocycles. The van der Waals surface area contributed by atoms with E-state index >= 15 is 0 Å². The fourth-order valence-corrected chi connectivity index (χ4v) is 3.13. The fraction of sp³-hybridized carbons (Fsp3) is 0.471. The van der Waals surface area contributed by atoms with E-state index in [0.717, 1.165) is 38.0 Å². The molecular formula is C17H23N5O2. The monoisotopic (exact) mass is 329 g/mol. The third-order valence-electron chi connectivity index (χ3n) is 4.36. The Labute approximate surface area is 141 Å². The van der Waals surface area contributed by atoms with Crippen molar-refractivity contribution in [3.63, 3.8) is 0 Å². The highest BCUT2D eigenvalue weighted by molar-refractivity contribution is 5.88. The highest BCUT2D eigenvalue weighted by atomic mass is 16.5. The van der Waals surface area contributed by atoms with Crippen LogP contribution in [0, 0.1) is 0 Å². The summed E-state index contributed by atoms with van der Waals surface area (Å²) in [5.41, 5.74) is 1.09. The van der Waals surface area contributed by atoms with E-state index in [2.05, 4.69) is 26.8 Å². The van der Waals surface area contributed by atoms with Gasteiger partial charge in [-0.3, -0.25) is 5.32 Å². The first-order valence-corrected chi connectivity index (χ1v) is 8.31. The second kappa shape index (κ2) is 7.33. The predicted octanol–water partition coefficient (Wildman–Crippen LogP) is 3.07. The van der Waals surface area contributed by atoms with Crippen molar-refractivity contribution in [1.29, 1.82) is 0 Å². The van der Waals surface area contributed by atoms with Crippen molar-refractivity contribution in [1.82, 2.24) is 19.4 Å². The first-order chi connectivity index (χ1) is 11.7. The largest absolute Gasteiger partial charge is 0.481 e. The maximum absolute atomic E-state index is 12.8. The zero-order valence-electron chi connectivity index (χ0n) is 14.1. The van der Waals surface area contributed by atoms with Gasteiger partial charge in [-0.1, -0.05) is 6.07 Å². The van der Waals surface area contributed by atoms with Crippen LogP contribution in [0.15, 0.2) is 30.7 Å². The number of hydrogen-bond acceptors (Lipinski definition) is 4. The molecule has 0 aromatic carbocycles. The van der Waals surface area contributed by atoms with Gasteiger partial charge in [0, 0.05) is 19.2 Å². The second-order valence-electron chi connectivity index (χ2n) is 5.80. The SMILES string of the molecule is CCn1cncc1[C@@H]1CCCCN1C(=O)Nc1cccc(OC)n1. The minimum Gasteiger partial charge on any atom is -0.481 e. The van der Waals surface area contributed by atoms with Crippen LogP contribution in [-0.4, -0.2) is 39.1 Å². The number of piperidine rings is 1. The number of aryl methyl sites for hydroxylation is 1. The first-order valence-electron chi connectivity index (χ1n) is 8.31.